The van der Waals surface area contributed by atoms with Crippen molar-refractivity contribution in [1.82, 2.24) is 0 Å². The number of halogens is 3. The number of alkyl halides is 3. The van der Waals surface area contributed by atoms with E-state index in [-0.39, 0.29) is 0 Å². The van der Waals surface area contributed by atoms with Crippen LogP contribution in [0.15, 0.2) is 18.2 Å². The van der Waals surface area contributed by atoms with E-state index in [1.807, 2.05) is 25.1 Å². The first kappa shape index (κ1) is 13.4. The number of ether oxygens (including phenoxy) is 1. The standard InChI is InChI=1S/C12H15BrF2O/c1-2-9-5-3-6-10(7-4-8-13)11(9)16-12(14)15/h3,5-6,12H,2,4,7-8H2,1H3. The Morgan fingerprint density at radius 3 is 2.56 bits per heavy atom. The summed E-state index contributed by atoms with van der Waals surface area (Å²) >= 11 is 3.33. The summed E-state index contributed by atoms with van der Waals surface area (Å²) in [6, 6.07) is 5.57. The third-order valence-electron chi connectivity index (χ3n) is 2.35. The van der Waals surface area contributed by atoms with Gasteiger partial charge in [-0.3, -0.25) is 0 Å². The van der Waals surface area contributed by atoms with Gasteiger partial charge in [-0.25, -0.2) is 0 Å². The maximum Gasteiger partial charge on any atom is 0.387 e. The summed E-state index contributed by atoms with van der Waals surface area (Å²) in [7, 11) is 0. The number of rotatable bonds is 6. The number of para-hydroxylation sites is 1. The lowest BCUT2D eigenvalue weighted by Crippen LogP contribution is -2.07. The highest BCUT2D eigenvalue weighted by Gasteiger charge is 2.12. The quantitative estimate of drug-likeness (QED) is 0.715. The van der Waals surface area contributed by atoms with Crippen molar-refractivity contribution >= 4 is 15.9 Å². The van der Waals surface area contributed by atoms with Gasteiger partial charge in [0.15, 0.2) is 0 Å². The van der Waals surface area contributed by atoms with E-state index >= 15 is 0 Å². The Hall–Kier alpha value is -0.640. The molecule has 0 bridgehead atoms. The zero-order valence-corrected chi connectivity index (χ0v) is 10.8. The molecular weight excluding hydrogens is 278 g/mol. The lowest BCUT2D eigenvalue weighted by Gasteiger charge is -2.14. The van der Waals surface area contributed by atoms with Crippen LogP contribution in [0.5, 0.6) is 5.75 Å². The first-order valence-electron chi connectivity index (χ1n) is 5.30. The van der Waals surface area contributed by atoms with Crippen molar-refractivity contribution < 1.29 is 13.5 Å². The molecule has 0 aliphatic rings. The Morgan fingerprint density at radius 2 is 2.00 bits per heavy atom. The van der Waals surface area contributed by atoms with Gasteiger partial charge in [0.1, 0.15) is 5.75 Å². The van der Waals surface area contributed by atoms with E-state index in [9.17, 15) is 8.78 Å². The minimum atomic E-state index is -2.75. The lowest BCUT2D eigenvalue weighted by molar-refractivity contribution is -0.0510. The van der Waals surface area contributed by atoms with Crippen LogP contribution in [0.2, 0.25) is 0 Å². The van der Waals surface area contributed by atoms with Gasteiger partial charge in [0.25, 0.3) is 0 Å². The van der Waals surface area contributed by atoms with Gasteiger partial charge >= 0.3 is 6.61 Å². The van der Waals surface area contributed by atoms with Gasteiger partial charge in [-0.1, -0.05) is 41.1 Å². The summed E-state index contributed by atoms with van der Waals surface area (Å²) in [6.07, 6.45) is 2.36. The van der Waals surface area contributed by atoms with Crippen LogP contribution in [-0.4, -0.2) is 11.9 Å². The second-order valence-corrected chi connectivity index (χ2v) is 4.22. The second kappa shape index (κ2) is 6.84. The molecule has 0 spiro atoms. The van der Waals surface area contributed by atoms with Crippen molar-refractivity contribution in [2.45, 2.75) is 32.8 Å². The molecule has 16 heavy (non-hydrogen) atoms. The third-order valence-corrected chi connectivity index (χ3v) is 2.91. The van der Waals surface area contributed by atoms with E-state index in [1.54, 1.807) is 0 Å². The molecule has 0 amide bonds. The molecule has 4 heteroatoms. The van der Waals surface area contributed by atoms with Crippen LogP contribution in [0.4, 0.5) is 8.78 Å². The molecule has 0 fully saturated rings. The van der Waals surface area contributed by atoms with Crippen molar-refractivity contribution in [3.05, 3.63) is 29.3 Å². The molecule has 90 valence electrons. The van der Waals surface area contributed by atoms with E-state index in [1.165, 1.54) is 0 Å². The summed E-state index contributed by atoms with van der Waals surface area (Å²) in [6.45, 7) is -0.822. The predicted molar refractivity (Wildman–Crippen MR) is 64.6 cm³/mol. The highest BCUT2D eigenvalue weighted by Crippen LogP contribution is 2.27. The van der Waals surface area contributed by atoms with Gasteiger partial charge in [0.05, 0.1) is 0 Å². The summed E-state index contributed by atoms with van der Waals surface area (Å²) in [4.78, 5) is 0. The molecule has 0 heterocycles. The number of aryl methyl sites for hydroxylation is 2. The molecule has 0 N–H and O–H groups in total. The fourth-order valence-corrected chi connectivity index (χ4v) is 1.89. The van der Waals surface area contributed by atoms with Gasteiger partial charge in [-0.15, -0.1) is 0 Å². The van der Waals surface area contributed by atoms with Gasteiger partial charge in [0, 0.05) is 5.33 Å². The monoisotopic (exact) mass is 292 g/mol. The molecule has 0 atom stereocenters. The number of hydrogen-bond acceptors (Lipinski definition) is 1. The molecule has 0 saturated carbocycles. The summed E-state index contributed by atoms with van der Waals surface area (Å²) in [5.74, 6) is 0.362. The predicted octanol–water partition coefficient (Wildman–Crippen LogP) is 4.18. The number of hydrogen-bond donors (Lipinski definition) is 0. The van der Waals surface area contributed by atoms with Crippen molar-refractivity contribution in [2.75, 3.05) is 5.33 Å². The SMILES string of the molecule is CCc1cccc(CCCBr)c1OC(F)F. The fraction of sp³-hybridized carbons (Fsp3) is 0.500. The molecule has 0 unspecified atom stereocenters. The van der Waals surface area contributed by atoms with Crippen molar-refractivity contribution in [3.63, 3.8) is 0 Å². The van der Waals surface area contributed by atoms with Crippen LogP contribution in [0, 0.1) is 0 Å². The Labute approximate surface area is 103 Å². The van der Waals surface area contributed by atoms with Gasteiger partial charge in [-0.05, 0) is 30.4 Å². The largest absolute Gasteiger partial charge is 0.434 e. The van der Waals surface area contributed by atoms with Gasteiger partial charge < -0.3 is 4.74 Å². The molecule has 0 radical (unpaired) electrons. The zero-order chi connectivity index (χ0) is 12.0. The van der Waals surface area contributed by atoms with Crippen molar-refractivity contribution in [3.8, 4) is 5.75 Å². The van der Waals surface area contributed by atoms with Crippen LogP contribution in [0.25, 0.3) is 0 Å². The van der Waals surface area contributed by atoms with Crippen molar-refractivity contribution in [1.29, 1.82) is 0 Å². The van der Waals surface area contributed by atoms with Crippen LogP contribution in [0.1, 0.15) is 24.5 Å². The lowest BCUT2D eigenvalue weighted by atomic mass is 10.0. The average molecular weight is 293 g/mol. The molecule has 0 aromatic heterocycles. The highest BCUT2D eigenvalue weighted by atomic mass is 79.9. The maximum atomic E-state index is 12.3. The van der Waals surface area contributed by atoms with Crippen LogP contribution >= 0.6 is 15.9 Å². The van der Waals surface area contributed by atoms with Crippen LogP contribution in [-0.2, 0) is 12.8 Å². The molecule has 1 aromatic rings. The van der Waals surface area contributed by atoms with Gasteiger partial charge in [-0.2, -0.15) is 8.78 Å². The highest BCUT2D eigenvalue weighted by molar-refractivity contribution is 9.09. The Kier molecular flexibility index (Phi) is 5.74. The Morgan fingerprint density at radius 1 is 1.31 bits per heavy atom. The van der Waals surface area contributed by atoms with Crippen molar-refractivity contribution in [2.24, 2.45) is 0 Å². The molecule has 1 nitrogen and oxygen atoms in total. The fourth-order valence-electron chi connectivity index (χ4n) is 1.61. The third kappa shape index (κ3) is 3.74. The normalized spacial score (nSPS) is 10.8. The topological polar surface area (TPSA) is 9.23 Å². The van der Waals surface area contributed by atoms with Crippen LogP contribution < -0.4 is 4.74 Å². The molecular formula is C12H15BrF2O. The summed E-state index contributed by atoms with van der Waals surface area (Å²) < 4.78 is 29.2. The molecule has 1 rings (SSSR count). The minimum Gasteiger partial charge on any atom is -0.434 e. The number of benzene rings is 1. The molecule has 0 aliphatic heterocycles. The first-order valence-corrected chi connectivity index (χ1v) is 6.42. The maximum absolute atomic E-state index is 12.3. The van der Waals surface area contributed by atoms with E-state index in [4.69, 9.17) is 0 Å². The van der Waals surface area contributed by atoms with E-state index in [0.29, 0.717) is 12.2 Å². The smallest absolute Gasteiger partial charge is 0.387 e. The molecule has 1 aromatic carbocycles. The van der Waals surface area contributed by atoms with Gasteiger partial charge in [0.2, 0.25) is 0 Å². The zero-order valence-electron chi connectivity index (χ0n) is 9.18. The summed E-state index contributed by atoms with van der Waals surface area (Å²) in [5, 5.41) is 0.859. The molecule has 0 aliphatic carbocycles. The summed E-state index contributed by atoms with van der Waals surface area (Å²) in [5.41, 5.74) is 1.70. The van der Waals surface area contributed by atoms with E-state index in [2.05, 4.69) is 20.7 Å². The Bertz CT molecular complexity index is 329. The molecule has 0 saturated heterocycles. The first-order chi connectivity index (χ1) is 7.69. The Balaban J connectivity index is 2.95. The second-order valence-electron chi connectivity index (χ2n) is 3.43. The van der Waals surface area contributed by atoms with Crippen LogP contribution in [0.3, 0.4) is 0 Å². The average Bonchev–Trinajstić information content (AvgIpc) is 2.27. The van der Waals surface area contributed by atoms with E-state index in [0.717, 1.165) is 29.3 Å². The van der Waals surface area contributed by atoms with E-state index < -0.39 is 6.61 Å². The minimum absolute atomic E-state index is 0.362.